The van der Waals surface area contributed by atoms with Gasteiger partial charge in [-0.05, 0) is 87.5 Å². The maximum atomic E-state index is 6.83. The molecule has 0 bridgehead atoms. The summed E-state index contributed by atoms with van der Waals surface area (Å²) in [5.41, 5.74) is 8.23. The van der Waals surface area contributed by atoms with Gasteiger partial charge in [-0.2, -0.15) is 0 Å². The second-order valence-corrected chi connectivity index (χ2v) is 13.2. The Kier molecular flexibility index (Phi) is 6.55. The fourth-order valence-electron chi connectivity index (χ4n) is 7.13. The minimum absolute atomic E-state index is 0.802. The first-order valence-electron chi connectivity index (χ1n) is 16.2. The van der Waals surface area contributed by atoms with Crippen LogP contribution in [0, 0.1) is 0 Å². The molecule has 2 aromatic heterocycles. The highest BCUT2D eigenvalue weighted by atomic mass is 32.1. The molecule has 2 nitrogen and oxygen atoms in total. The van der Waals surface area contributed by atoms with Crippen LogP contribution < -0.4 is 0 Å². The average molecular weight is 622 g/mol. The summed E-state index contributed by atoms with van der Waals surface area (Å²) >= 11 is 1.89. The van der Waals surface area contributed by atoms with E-state index in [9.17, 15) is 0 Å². The highest BCUT2D eigenvalue weighted by Gasteiger charge is 2.21. The maximum Gasteiger partial charge on any atom is 0.161 e. The van der Waals surface area contributed by atoms with Crippen molar-refractivity contribution >= 4 is 81.0 Å². The molecule has 224 valence electrons. The van der Waals surface area contributed by atoms with Crippen molar-refractivity contribution in [3.8, 4) is 11.1 Å². The summed E-state index contributed by atoms with van der Waals surface area (Å²) in [6.07, 6.45) is 3.13. The van der Waals surface area contributed by atoms with Crippen molar-refractivity contribution in [1.82, 2.24) is 0 Å². The summed E-state index contributed by atoms with van der Waals surface area (Å²) in [4.78, 5) is 5.25. The van der Waals surface area contributed by atoms with E-state index in [1.54, 1.807) is 0 Å². The predicted molar refractivity (Wildman–Crippen MR) is 203 cm³/mol. The van der Waals surface area contributed by atoms with E-state index in [0.717, 1.165) is 56.8 Å². The zero-order chi connectivity index (χ0) is 31.5. The Balaban J connectivity index is 1.25. The number of allylic oxidation sites excluding steroid dienone is 1. The third-order valence-electron chi connectivity index (χ3n) is 9.33. The van der Waals surface area contributed by atoms with E-state index in [1.807, 2.05) is 17.4 Å². The number of nitrogens with zero attached hydrogens (tertiary/aromatic N) is 1. The maximum absolute atomic E-state index is 6.83. The topological polar surface area (TPSA) is 25.5 Å². The molecule has 9 aromatic rings. The van der Waals surface area contributed by atoms with Crippen LogP contribution in [-0.2, 0) is 0 Å². The molecule has 2 heterocycles. The predicted octanol–water partition coefficient (Wildman–Crippen LogP) is 13.2. The van der Waals surface area contributed by atoms with Crippen LogP contribution >= 0.6 is 11.3 Å². The number of furan rings is 1. The van der Waals surface area contributed by atoms with Crippen molar-refractivity contribution in [2.45, 2.75) is 20.3 Å². The lowest BCUT2D eigenvalue weighted by molar-refractivity contribution is 0.601. The van der Waals surface area contributed by atoms with E-state index in [1.165, 1.54) is 47.3 Å². The molecule has 0 radical (unpaired) electrons. The van der Waals surface area contributed by atoms with Crippen LogP contribution in [0.4, 0.5) is 5.69 Å². The zero-order valence-corrected chi connectivity index (χ0v) is 27.1. The molecule has 0 N–H and O–H groups in total. The fraction of sp³-hybridized carbons (Fsp3) is 0.0682. The first-order chi connectivity index (χ1) is 23.2. The molecule has 0 aliphatic carbocycles. The Bertz CT molecular complexity index is 2660. The van der Waals surface area contributed by atoms with Gasteiger partial charge in [-0.25, -0.2) is 4.99 Å². The SMILES string of the molecule is CC/C=C(\c1ccccc1)c1oc2cc(-c3ccc4c(c3)c3cccc5sc6cccc4c6c53)ccc2c1N=C(C)c1ccccc1. The van der Waals surface area contributed by atoms with E-state index in [4.69, 9.17) is 9.41 Å². The molecule has 47 heavy (non-hydrogen) atoms. The molecule has 0 unspecified atom stereocenters. The van der Waals surface area contributed by atoms with Gasteiger partial charge < -0.3 is 4.42 Å². The summed E-state index contributed by atoms with van der Waals surface area (Å²) in [7, 11) is 0. The van der Waals surface area contributed by atoms with E-state index >= 15 is 0 Å². The van der Waals surface area contributed by atoms with E-state index in [0.29, 0.717) is 0 Å². The molecular weight excluding hydrogens is 591 g/mol. The molecular formula is C44H31NOS. The Hall–Kier alpha value is -5.51. The van der Waals surface area contributed by atoms with Crippen LogP contribution in [0.15, 0.2) is 149 Å². The largest absolute Gasteiger partial charge is 0.454 e. The Morgan fingerprint density at radius 1 is 0.617 bits per heavy atom. The molecule has 0 aliphatic heterocycles. The average Bonchev–Trinajstić information content (AvgIpc) is 3.69. The zero-order valence-electron chi connectivity index (χ0n) is 26.2. The van der Waals surface area contributed by atoms with Crippen molar-refractivity contribution < 1.29 is 4.42 Å². The molecule has 9 rings (SSSR count). The van der Waals surface area contributed by atoms with Gasteiger partial charge in [-0.15, -0.1) is 11.3 Å². The van der Waals surface area contributed by atoms with Crippen LogP contribution in [0.25, 0.3) is 69.4 Å². The van der Waals surface area contributed by atoms with Gasteiger partial charge in [-0.3, -0.25) is 0 Å². The molecule has 0 saturated carbocycles. The number of fused-ring (bicyclic) bond motifs is 4. The normalized spacial score (nSPS) is 12.8. The minimum atomic E-state index is 0.802. The van der Waals surface area contributed by atoms with Gasteiger partial charge in [0.25, 0.3) is 0 Å². The smallest absolute Gasteiger partial charge is 0.161 e. The molecule has 0 aliphatic rings. The third-order valence-corrected chi connectivity index (χ3v) is 10.4. The molecule has 0 fully saturated rings. The van der Waals surface area contributed by atoms with Gasteiger partial charge in [0.05, 0.1) is 0 Å². The first kappa shape index (κ1) is 27.8. The third kappa shape index (κ3) is 4.50. The summed E-state index contributed by atoms with van der Waals surface area (Å²) < 4.78 is 9.53. The fourth-order valence-corrected chi connectivity index (χ4v) is 8.29. The van der Waals surface area contributed by atoms with Crippen LogP contribution in [0.2, 0.25) is 0 Å². The Labute approximate surface area is 277 Å². The number of benzene rings is 7. The van der Waals surface area contributed by atoms with Gasteiger partial charge in [0.2, 0.25) is 0 Å². The number of rotatable bonds is 6. The summed E-state index contributed by atoms with van der Waals surface area (Å²) in [6.45, 7) is 4.24. The van der Waals surface area contributed by atoms with Crippen molar-refractivity contribution in [1.29, 1.82) is 0 Å². The van der Waals surface area contributed by atoms with Gasteiger partial charge in [0.1, 0.15) is 11.3 Å². The molecule has 0 spiro atoms. The minimum Gasteiger partial charge on any atom is -0.454 e. The number of hydrogen-bond donors (Lipinski definition) is 0. The molecule has 3 heteroatoms. The summed E-state index contributed by atoms with van der Waals surface area (Å²) in [6, 6.07) is 47.8. The lowest BCUT2D eigenvalue weighted by Gasteiger charge is -2.11. The molecule has 0 saturated heterocycles. The van der Waals surface area contributed by atoms with E-state index in [2.05, 4.69) is 147 Å². The number of hydrogen-bond acceptors (Lipinski definition) is 3. The Morgan fingerprint density at radius 3 is 1.91 bits per heavy atom. The number of aliphatic imine (C=N–C) groups is 1. The highest BCUT2D eigenvalue weighted by Crippen LogP contribution is 2.46. The Morgan fingerprint density at radius 2 is 1.23 bits per heavy atom. The van der Waals surface area contributed by atoms with Gasteiger partial charge >= 0.3 is 0 Å². The molecule has 0 atom stereocenters. The second kappa shape index (κ2) is 11.1. The molecule has 0 amide bonds. The van der Waals surface area contributed by atoms with Gasteiger partial charge in [0, 0.05) is 36.8 Å². The van der Waals surface area contributed by atoms with Crippen molar-refractivity contribution in [3.63, 3.8) is 0 Å². The van der Waals surface area contributed by atoms with Crippen molar-refractivity contribution in [3.05, 3.63) is 156 Å². The lowest BCUT2D eigenvalue weighted by atomic mass is 9.92. The van der Waals surface area contributed by atoms with Crippen LogP contribution in [-0.4, -0.2) is 5.71 Å². The van der Waals surface area contributed by atoms with Gasteiger partial charge in [-0.1, -0.05) is 116 Å². The van der Waals surface area contributed by atoms with Gasteiger partial charge in [0.15, 0.2) is 5.76 Å². The van der Waals surface area contributed by atoms with Crippen LogP contribution in [0.3, 0.4) is 0 Å². The van der Waals surface area contributed by atoms with E-state index < -0.39 is 0 Å². The highest BCUT2D eigenvalue weighted by molar-refractivity contribution is 7.26. The quantitative estimate of drug-likeness (QED) is 0.134. The monoisotopic (exact) mass is 621 g/mol. The number of thiophene rings is 1. The van der Waals surface area contributed by atoms with E-state index in [-0.39, 0.29) is 0 Å². The first-order valence-corrected chi connectivity index (χ1v) is 17.0. The second-order valence-electron chi connectivity index (χ2n) is 12.2. The van der Waals surface area contributed by atoms with Crippen molar-refractivity contribution in [2.24, 2.45) is 4.99 Å². The summed E-state index contributed by atoms with van der Waals surface area (Å²) in [5.74, 6) is 0.802. The van der Waals surface area contributed by atoms with Crippen molar-refractivity contribution in [2.75, 3.05) is 0 Å². The standard InChI is InChI=1S/C44H31NOS/c1-3-12-32(29-15-8-5-9-16-29)44-43(45-27(2)28-13-6-4-7-14-28)36-24-22-31(26-38(36)46-44)30-21-23-33-34-17-10-19-39-41(34)42-35(37(33)25-30)18-11-20-40(42)47-39/h4-26H,3H2,1-2H3/b32-12+,45-27?. The van der Waals surface area contributed by atoms with Crippen LogP contribution in [0.1, 0.15) is 37.2 Å². The summed E-state index contributed by atoms with van der Waals surface area (Å²) in [5, 5.41) is 9.00. The van der Waals surface area contributed by atoms with Crippen LogP contribution in [0.5, 0.6) is 0 Å². The molecule has 7 aromatic carbocycles. The lowest BCUT2D eigenvalue weighted by Crippen LogP contribution is -1.94.